The van der Waals surface area contributed by atoms with Crippen LogP contribution >= 0.6 is 0 Å². The van der Waals surface area contributed by atoms with Crippen LogP contribution in [0.2, 0.25) is 0 Å². The van der Waals surface area contributed by atoms with Crippen LogP contribution in [0.3, 0.4) is 0 Å². The van der Waals surface area contributed by atoms with Crippen molar-refractivity contribution in [2.24, 2.45) is 11.8 Å². The normalized spacial score (nSPS) is 30.8. The van der Waals surface area contributed by atoms with Crippen molar-refractivity contribution in [3.05, 3.63) is 11.9 Å². The van der Waals surface area contributed by atoms with Crippen molar-refractivity contribution in [3.63, 3.8) is 0 Å². The van der Waals surface area contributed by atoms with Gasteiger partial charge in [-0.2, -0.15) is 0 Å². The summed E-state index contributed by atoms with van der Waals surface area (Å²) in [5.74, 6) is 0.899. The van der Waals surface area contributed by atoms with Crippen LogP contribution in [0.15, 0.2) is 6.20 Å². The molecule has 0 amide bonds. The number of nitrogens with one attached hydrogen (secondary N) is 1. The van der Waals surface area contributed by atoms with Gasteiger partial charge in [-0.1, -0.05) is 19.1 Å². The molecule has 3 rings (SSSR count). The summed E-state index contributed by atoms with van der Waals surface area (Å²) in [4.78, 5) is 12.1. The van der Waals surface area contributed by atoms with Crippen molar-refractivity contribution in [1.82, 2.24) is 20.3 Å². The van der Waals surface area contributed by atoms with E-state index in [1.165, 1.54) is 6.42 Å². The number of esters is 1. The largest absolute Gasteiger partial charge is 0.458 e. The van der Waals surface area contributed by atoms with Crippen LogP contribution in [0.1, 0.15) is 49.6 Å². The second-order valence-corrected chi connectivity index (χ2v) is 6.34. The van der Waals surface area contributed by atoms with E-state index in [0.29, 0.717) is 23.6 Å². The zero-order valence-electron chi connectivity index (χ0n) is 12.1. The predicted molar refractivity (Wildman–Crippen MR) is 73.3 cm³/mol. The Hall–Kier alpha value is -1.43. The molecule has 0 aromatic carbocycles. The van der Waals surface area contributed by atoms with Crippen molar-refractivity contribution >= 4 is 5.97 Å². The maximum atomic E-state index is 12.1. The van der Waals surface area contributed by atoms with Gasteiger partial charge in [0.2, 0.25) is 0 Å². The molecule has 1 aliphatic heterocycles. The van der Waals surface area contributed by atoms with Gasteiger partial charge in [0, 0.05) is 13.1 Å². The molecular formula is C14H22N4O2. The molecule has 1 saturated heterocycles. The number of ether oxygens (including phenoxy) is 1. The molecule has 2 aliphatic rings. The first kappa shape index (κ1) is 13.5. The van der Waals surface area contributed by atoms with Gasteiger partial charge in [0.15, 0.2) is 5.69 Å². The highest BCUT2D eigenvalue weighted by molar-refractivity contribution is 5.86. The molecule has 1 aromatic rings. The summed E-state index contributed by atoms with van der Waals surface area (Å²) in [5, 5.41) is 11.1. The van der Waals surface area contributed by atoms with E-state index in [-0.39, 0.29) is 12.1 Å². The quantitative estimate of drug-likeness (QED) is 0.846. The van der Waals surface area contributed by atoms with Gasteiger partial charge in [-0.15, -0.1) is 5.10 Å². The molecule has 0 spiro atoms. The van der Waals surface area contributed by atoms with E-state index in [9.17, 15) is 4.79 Å². The third-order valence-electron chi connectivity index (χ3n) is 4.26. The average Bonchev–Trinajstić information content (AvgIpc) is 2.74. The Morgan fingerprint density at radius 2 is 2.00 bits per heavy atom. The third kappa shape index (κ3) is 2.85. The first-order valence-corrected chi connectivity index (χ1v) is 7.45. The van der Waals surface area contributed by atoms with Gasteiger partial charge in [0.1, 0.15) is 6.10 Å². The van der Waals surface area contributed by atoms with Gasteiger partial charge < -0.3 is 10.1 Å². The highest BCUT2D eigenvalue weighted by Gasteiger charge is 2.28. The number of nitrogens with zero attached hydrogens (tertiary/aromatic N) is 3. The van der Waals surface area contributed by atoms with Crippen molar-refractivity contribution in [3.8, 4) is 0 Å². The van der Waals surface area contributed by atoms with Crippen LogP contribution in [0.4, 0.5) is 0 Å². The molecule has 0 bridgehead atoms. The summed E-state index contributed by atoms with van der Waals surface area (Å²) < 4.78 is 7.34. The molecule has 2 fully saturated rings. The average molecular weight is 278 g/mol. The standard InChI is InChI=1S/C14H22N4O2/c1-9-3-10(2)5-12(4-9)20-14(19)13-8-18(17-16-13)11-6-15-7-11/h8-12,15H,3-7H2,1-2H3. The van der Waals surface area contributed by atoms with Crippen molar-refractivity contribution < 1.29 is 9.53 Å². The fourth-order valence-corrected chi connectivity index (χ4v) is 3.19. The molecule has 2 atom stereocenters. The molecule has 6 heteroatoms. The predicted octanol–water partition coefficient (Wildman–Crippen LogP) is 1.40. The lowest BCUT2D eigenvalue weighted by atomic mass is 9.82. The first-order chi connectivity index (χ1) is 9.61. The van der Waals surface area contributed by atoms with Crippen LogP contribution in [0.25, 0.3) is 0 Å². The van der Waals surface area contributed by atoms with Gasteiger partial charge in [-0.3, -0.25) is 0 Å². The summed E-state index contributed by atoms with van der Waals surface area (Å²) in [6.07, 6.45) is 4.85. The number of aromatic nitrogens is 3. The minimum absolute atomic E-state index is 0.0248. The second kappa shape index (κ2) is 5.52. The lowest BCUT2D eigenvalue weighted by Gasteiger charge is -2.30. The Balaban J connectivity index is 1.59. The monoisotopic (exact) mass is 278 g/mol. The van der Waals surface area contributed by atoms with Gasteiger partial charge in [0.25, 0.3) is 0 Å². The highest BCUT2D eigenvalue weighted by atomic mass is 16.5. The van der Waals surface area contributed by atoms with Crippen LogP contribution < -0.4 is 5.32 Å². The summed E-state index contributed by atoms with van der Waals surface area (Å²) in [5.41, 5.74) is 0.322. The molecule has 6 nitrogen and oxygen atoms in total. The van der Waals surface area contributed by atoms with Gasteiger partial charge in [0.05, 0.1) is 12.2 Å². The maximum absolute atomic E-state index is 12.1. The topological polar surface area (TPSA) is 69.0 Å². The molecule has 1 aliphatic carbocycles. The number of carbonyl (C=O) groups is 1. The van der Waals surface area contributed by atoms with Gasteiger partial charge >= 0.3 is 5.97 Å². The molecule has 2 unspecified atom stereocenters. The number of hydrogen-bond acceptors (Lipinski definition) is 5. The Kier molecular flexibility index (Phi) is 3.74. The Morgan fingerprint density at radius 1 is 1.30 bits per heavy atom. The van der Waals surface area contributed by atoms with Crippen LogP contribution in [0.5, 0.6) is 0 Å². The fourth-order valence-electron chi connectivity index (χ4n) is 3.19. The molecule has 1 aromatic heterocycles. The number of hydrogen-bond donors (Lipinski definition) is 1. The van der Waals surface area contributed by atoms with E-state index in [0.717, 1.165) is 25.9 Å². The fraction of sp³-hybridized carbons (Fsp3) is 0.786. The first-order valence-electron chi connectivity index (χ1n) is 7.45. The SMILES string of the molecule is CC1CC(C)CC(OC(=O)c2cn(C3CNC3)nn2)C1. The molecular weight excluding hydrogens is 256 g/mol. The minimum atomic E-state index is -0.338. The van der Waals surface area contributed by atoms with Gasteiger partial charge in [-0.25, -0.2) is 9.48 Å². The summed E-state index contributed by atoms with van der Waals surface area (Å²) in [7, 11) is 0. The van der Waals surface area contributed by atoms with E-state index >= 15 is 0 Å². The summed E-state index contributed by atoms with van der Waals surface area (Å²) in [6.45, 7) is 6.21. The van der Waals surface area contributed by atoms with Gasteiger partial charge in [-0.05, 0) is 31.1 Å². The van der Waals surface area contributed by atoms with E-state index in [4.69, 9.17) is 4.74 Å². The van der Waals surface area contributed by atoms with E-state index in [1.807, 2.05) is 0 Å². The molecule has 20 heavy (non-hydrogen) atoms. The third-order valence-corrected chi connectivity index (χ3v) is 4.26. The Labute approximate surface area is 118 Å². The minimum Gasteiger partial charge on any atom is -0.458 e. The highest BCUT2D eigenvalue weighted by Crippen LogP contribution is 2.30. The van der Waals surface area contributed by atoms with E-state index < -0.39 is 0 Å². The number of rotatable bonds is 3. The van der Waals surface area contributed by atoms with Crippen LogP contribution in [-0.4, -0.2) is 40.2 Å². The summed E-state index contributed by atoms with van der Waals surface area (Å²) >= 11 is 0. The Bertz CT molecular complexity index is 473. The van der Waals surface area contributed by atoms with Crippen molar-refractivity contribution in [2.75, 3.05) is 13.1 Å². The molecule has 2 heterocycles. The number of carbonyl (C=O) groups excluding carboxylic acids is 1. The molecule has 110 valence electrons. The molecule has 1 N–H and O–H groups in total. The molecule has 0 radical (unpaired) electrons. The van der Waals surface area contributed by atoms with Crippen molar-refractivity contribution in [1.29, 1.82) is 0 Å². The Morgan fingerprint density at radius 3 is 2.60 bits per heavy atom. The second-order valence-electron chi connectivity index (χ2n) is 6.34. The smallest absolute Gasteiger partial charge is 0.360 e. The van der Waals surface area contributed by atoms with Crippen molar-refractivity contribution in [2.45, 2.75) is 45.3 Å². The van der Waals surface area contributed by atoms with Crippen LogP contribution in [0, 0.1) is 11.8 Å². The lowest BCUT2D eigenvalue weighted by molar-refractivity contribution is 0.00743. The maximum Gasteiger partial charge on any atom is 0.360 e. The zero-order chi connectivity index (χ0) is 14.1. The zero-order valence-corrected chi connectivity index (χ0v) is 12.1. The lowest BCUT2D eigenvalue weighted by Crippen LogP contribution is -2.43. The van der Waals surface area contributed by atoms with Crippen LogP contribution in [-0.2, 0) is 4.74 Å². The molecule has 1 saturated carbocycles. The van der Waals surface area contributed by atoms with E-state index in [2.05, 4.69) is 29.5 Å². The van der Waals surface area contributed by atoms with E-state index in [1.54, 1.807) is 10.9 Å². The summed E-state index contributed by atoms with van der Waals surface area (Å²) in [6, 6.07) is 0.318.